The van der Waals surface area contributed by atoms with Crippen LogP contribution in [0.15, 0.2) is 119 Å². The van der Waals surface area contributed by atoms with Gasteiger partial charge in [-0.2, -0.15) is 0 Å². The highest BCUT2D eigenvalue weighted by Crippen LogP contribution is 2.27. The number of sulfonamides is 1. The molecule has 5 heterocycles. The summed E-state index contributed by atoms with van der Waals surface area (Å²) in [5, 5.41) is 11.4. The van der Waals surface area contributed by atoms with Crippen molar-refractivity contribution in [3.63, 3.8) is 0 Å². The number of hydrogen-bond acceptors (Lipinski definition) is 12. The molecular formula is C34H36N10O3S. The lowest BCUT2D eigenvalue weighted by atomic mass is 10.2. The quantitative estimate of drug-likeness (QED) is 0.145. The summed E-state index contributed by atoms with van der Waals surface area (Å²) in [5.74, 6) is 0. The third-order valence-corrected chi connectivity index (χ3v) is 9.07. The van der Waals surface area contributed by atoms with Crippen LogP contribution in [-0.4, -0.2) is 74.6 Å². The third-order valence-electron chi connectivity index (χ3n) is 7.58. The van der Waals surface area contributed by atoms with Crippen molar-refractivity contribution in [2.75, 3.05) is 31.5 Å². The molecule has 14 heteroatoms. The van der Waals surface area contributed by atoms with Gasteiger partial charge in [0, 0.05) is 77.1 Å². The van der Waals surface area contributed by atoms with Crippen molar-refractivity contribution >= 4 is 26.7 Å². The number of benzene rings is 1. The molecule has 0 radical (unpaired) electrons. The topological polar surface area (TPSA) is 155 Å². The van der Waals surface area contributed by atoms with Crippen molar-refractivity contribution in [1.82, 2.24) is 44.8 Å². The first kappa shape index (κ1) is 32.8. The predicted octanol–water partition coefficient (Wildman–Crippen LogP) is 3.90. The summed E-state index contributed by atoms with van der Waals surface area (Å²) in [7, 11) is -3.94. The van der Waals surface area contributed by atoms with Crippen LogP contribution in [0.3, 0.4) is 0 Å². The zero-order valence-electron chi connectivity index (χ0n) is 26.3. The van der Waals surface area contributed by atoms with Crippen LogP contribution >= 0.6 is 0 Å². The Balaban J connectivity index is 1.10. The molecule has 0 aliphatic rings. The van der Waals surface area contributed by atoms with Gasteiger partial charge in [0.15, 0.2) is 11.0 Å². The Hall–Kier alpha value is -5.15. The highest BCUT2D eigenvalue weighted by atomic mass is 32.2. The second-order valence-corrected chi connectivity index (χ2v) is 12.8. The molecule has 246 valence electrons. The first-order valence-electron chi connectivity index (χ1n) is 15.6. The maximum atomic E-state index is 13.5. The van der Waals surface area contributed by atoms with Gasteiger partial charge >= 0.3 is 0 Å². The highest BCUT2D eigenvalue weighted by Gasteiger charge is 2.23. The molecule has 13 nitrogen and oxygen atoms in total. The van der Waals surface area contributed by atoms with Gasteiger partial charge in [-0.05, 0) is 71.0 Å². The Morgan fingerprint density at radius 3 is 1.48 bits per heavy atom. The summed E-state index contributed by atoms with van der Waals surface area (Å²) < 4.78 is 34.7. The van der Waals surface area contributed by atoms with Crippen LogP contribution < -0.4 is 10.0 Å². The summed E-state index contributed by atoms with van der Waals surface area (Å²) in [6.45, 7) is 4.17. The van der Waals surface area contributed by atoms with Crippen LogP contribution in [0.2, 0.25) is 0 Å². The number of fused-ring (bicyclic) bond motifs is 1. The molecule has 0 saturated heterocycles. The van der Waals surface area contributed by atoms with Gasteiger partial charge in [-0.25, -0.2) is 17.8 Å². The lowest BCUT2D eigenvalue weighted by Crippen LogP contribution is -2.35. The van der Waals surface area contributed by atoms with Gasteiger partial charge < -0.3 is 5.32 Å². The van der Waals surface area contributed by atoms with E-state index >= 15 is 0 Å². The predicted molar refractivity (Wildman–Crippen MR) is 181 cm³/mol. The number of nitrogens with one attached hydrogen (secondary N) is 2. The Bertz CT molecular complexity index is 1880. The molecule has 0 unspecified atom stereocenters. The summed E-state index contributed by atoms with van der Waals surface area (Å²) in [6, 6.07) is 26.4. The minimum atomic E-state index is -3.94. The first-order chi connectivity index (χ1) is 23.5. The van der Waals surface area contributed by atoms with Crippen LogP contribution in [0.1, 0.15) is 22.8 Å². The van der Waals surface area contributed by atoms with Crippen LogP contribution in [-0.2, 0) is 36.2 Å². The number of anilines is 1. The lowest BCUT2D eigenvalue weighted by molar-refractivity contribution is 0.255. The van der Waals surface area contributed by atoms with E-state index in [1.807, 2.05) is 72.8 Å². The van der Waals surface area contributed by atoms with Gasteiger partial charge in [0.05, 0.1) is 28.5 Å². The van der Waals surface area contributed by atoms with Crippen molar-refractivity contribution < 1.29 is 13.0 Å². The van der Waals surface area contributed by atoms with Gasteiger partial charge in [-0.15, -0.1) is 0 Å². The zero-order chi connectivity index (χ0) is 33.0. The average Bonchev–Trinajstić information content (AvgIpc) is 3.60. The van der Waals surface area contributed by atoms with E-state index < -0.39 is 10.0 Å². The molecule has 0 spiro atoms. The summed E-state index contributed by atoms with van der Waals surface area (Å²) in [6.07, 6.45) is 7.05. The van der Waals surface area contributed by atoms with Crippen molar-refractivity contribution in [2.24, 2.45) is 0 Å². The number of hydrogen-bond donors (Lipinski definition) is 2. The maximum Gasteiger partial charge on any atom is 0.242 e. The number of nitrogens with zero attached hydrogens (tertiary/aromatic N) is 8. The normalized spacial score (nSPS) is 11.8. The number of rotatable bonds is 17. The van der Waals surface area contributed by atoms with Gasteiger partial charge in [0.2, 0.25) is 10.0 Å². The Kier molecular flexibility index (Phi) is 11.0. The smallest absolute Gasteiger partial charge is 0.242 e. The molecular weight excluding hydrogens is 629 g/mol. The minimum Gasteiger partial charge on any atom is -0.382 e. The molecule has 5 aromatic heterocycles. The first-order valence-corrected chi connectivity index (χ1v) is 17.0. The van der Waals surface area contributed by atoms with Crippen molar-refractivity contribution in [2.45, 2.75) is 31.1 Å². The maximum absolute atomic E-state index is 13.5. The van der Waals surface area contributed by atoms with Crippen LogP contribution in [0, 0.1) is 0 Å². The Morgan fingerprint density at radius 1 is 0.562 bits per heavy atom. The molecule has 0 bridgehead atoms. The van der Waals surface area contributed by atoms with Crippen LogP contribution in [0.5, 0.6) is 0 Å². The molecule has 0 amide bonds. The fourth-order valence-electron chi connectivity index (χ4n) is 5.28. The average molecular weight is 665 g/mol. The SMILES string of the molecule is O=S(=O)(NCCN(Cc1ccccn1)Cc1ccccn1)c1ccc(NCCN(Cc2ccccn2)Cc2ccccn2)c2nonc12. The fourth-order valence-corrected chi connectivity index (χ4v) is 6.43. The number of aromatic nitrogens is 6. The second kappa shape index (κ2) is 16.1. The van der Waals surface area contributed by atoms with Crippen LogP contribution in [0.25, 0.3) is 11.0 Å². The Morgan fingerprint density at radius 2 is 1.02 bits per heavy atom. The molecule has 0 fully saturated rings. The fraction of sp³-hybridized carbons (Fsp3) is 0.235. The highest BCUT2D eigenvalue weighted by molar-refractivity contribution is 7.89. The van der Waals surface area contributed by atoms with Crippen molar-refractivity contribution in [3.05, 3.63) is 132 Å². The molecule has 0 aliphatic carbocycles. The van der Waals surface area contributed by atoms with Gasteiger partial charge in [-0.3, -0.25) is 29.7 Å². The lowest BCUT2D eigenvalue weighted by Gasteiger charge is -2.22. The molecule has 48 heavy (non-hydrogen) atoms. The van der Waals surface area contributed by atoms with E-state index in [4.69, 9.17) is 4.63 Å². The second-order valence-electron chi connectivity index (χ2n) is 11.1. The van der Waals surface area contributed by atoms with Gasteiger partial charge in [0.1, 0.15) is 4.90 Å². The largest absolute Gasteiger partial charge is 0.382 e. The summed E-state index contributed by atoms with van der Waals surface area (Å²) in [5.41, 5.74) is 4.79. The number of pyridine rings is 4. The van der Waals surface area contributed by atoms with E-state index in [1.165, 1.54) is 6.07 Å². The molecule has 6 aromatic rings. The van der Waals surface area contributed by atoms with E-state index in [-0.39, 0.29) is 17.0 Å². The molecule has 1 aromatic carbocycles. The molecule has 0 aliphatic heterocycles. The van der Waals surface area contributed by atoms with Crippen molar-refractivity contribution in [3.8, 4) is 0 Å². The van der Waals surface area contributed by atoms with Crippen molar-refractivity contribution in [1.29, 1.82) is 0 Å². The monoisotopic (exact) mass is 664 g/mol. The molecule has 2 N–H and O–H groups in total. The van der Waals surface area contributed by atoms with Gasteiger partial charge in [0.25, 0.3) is 0 Å². The van der Waals surface area contributed by atoms with E-state index in [0.717, 1.165) is 22.8 Å². The molecule has 0 saturated carbocycles. The zero-order valence-corrected chi connectivity index (χ0v) is 27.1. The molecule has 6 rings (SSSR count). The van der Waals surface area contributed by atoms with E-state index in [0.29, 0.717) is 57.0 Å². The van der Waals surface area contributed by atoms with E-state index in [2.05, 4.69) is 50.1 Å². The minimum absolute atomic E-state index is 0.00256. The standard InChI is InChI=1S/C34H36N10O3S/c45-48(46,40-20-22-44(25-29-11-3-7-17-37-29)26-30-12-4-8-18-38-30)32-14-13-31(33-34(32)42-47-41-33)39-19-21-43(23-27-9-1-5-15-35-27)24-28-10-2-6-16-36-28/h1-18,39-40H,19-26H2. The van der Waals surface area contributed by atoms with E-state index in [9.17, 15) is 8.42 Å². The third kappa shape index (κ3) is 9.01. The Labute approximate surface area is 279 Å². The summed E-state index contributed by atoms with van der Waals surface area (Å²) in [4.78, 5) is 22.1. The molecule has 0 atom stereocenters. The summed E-state index contributed by atoms with van der Waals surface area (Å²) >= 11 is 0. The van der Waals surface area contributed by atoms with Crippen LogP contribution in [0.4, 0.5) is 5.69 Å². The van der Waals surface area contributed by atoms with Gasteiger partial charge in [-0.1, -0.05) is 24.3 Å². The van der Waals surface area contributed by atoms with E-state index in [1.54, 1.807) is 30.9 Å².